The lowest BCUT2D eigenvalue weighted by atomic mass is 9.75. The summed E-state index contributed by atoms with van der Waals surface area (Å²) in [6, 6.07) is 4.58. The molecule has 0 saturated carbocycles. The molecule has 2 N–H and O–H groups in total. The van der Waals surface area contributed by atoms with E-state index < -0.39 is 5.41 Å². The van der Waals surface area contributed by atoms with E-state index in [9.17, 15) is 9.50 Å². The van der Waals surface area contributed by atoms with Crippen molar-refractivity contribution in [3.05, 3.63) is 34.1 Å². The topological polar surface area (TPSA) is 41.5 Å². The number of aliphatic hydroxyl groups is 1. The molecule has 1 aliphatic rings. The van der Waals surface area contributed by atoms with Crippen molar-refractivity contribution in [3.8, 4) is 0 Å². The first-order valence-corrected chi connectivity index (χ1v) is 6.23. The van der Waals surface area contributed by atoms with E-state index in [-0.39, 0.29) is 18.5 Å². The quantitative estimate of drug-likeness (QED) is 0.892. The lowest BCUT2D eigenvalue weighted by Crippen LogP contribution is -2.53. The largest absolute Gasteiger partial charge is 0.396 e. The Balaban J connectivity index is 2.37. The van der Waals surface area contributed by atoms with Gasteiger partial charge in [-0.2, -0.15) is 0 Å². The number of benzene rings is 1. The molecule has 17 heavy (non-hydrogen) atoms. The zero-order chi connectivity index (χ0) is 12.5. The Morgan fingerprint density at radius 2 is 2.29 bits per heavy atom. The molecule has 1 aliphatic heterocycles. The third-order valence-electron chi connectivity index (χ3n) is 3.26. The van der Waals surface area contributed by atoms with Crippen molar-refractivity contribution in [2.45, 2.75) is 6.04 Å². The first-order valence-electron chi connectivity index (χ1n) is 5.44. The van der Waals surface area contributed by atoms with Crippen LogP contribution in [-0.2, 0) is 4.74 Å². The van der Waals surface area contributed by atoms with Gasteiger partial charge in [0.05, 0.1) is 25.2 Å². The Kier molecular flexibility index (Phi) is 3.82. The van der Waals surface area contributed by atoms with Crippen LogP contribution in [0.15, 0.2) is 22.7 Å². The van der Waals surface area contributed by atoms with E-state index in [2.05, 4.69) is 21.2 Å². The summed E-state index contributed by atoms with van der Waals surface area (Å²) in [4.78, 5) is 0. The molecule has 0 radical (unpaired) electrons. The number of hydrogen-bond donors (Lipinski definition) is 2. The van der Waals surface area contributed by atoms with Crippen LogP contribution < -0.4 is 5.32 Å². The van der Waals surface area contributed by atoms with Crippen LogP contribution in [0.2, 0.25) is 0 Å². The highest BCUT2D eigenvalue weighted by atomic mass is 79.9. The fourth-order valence-electron chi connectivity index (χ4n) is 2.24. The van der Waals surface area contributed by atoms with Gasteiger partial charge in [0.25, 0.3) is 0 Å². The smallest absolute Gasteiger partial charge is 0.128 e. The summed E-state index contributed by atoms with van der Waals surface area (Å²) in [5, 5.41) is 12.6. The Morgan fingerprint density at radius 3 is 2.76 bits per heavy atom. The first kappa shape index (κ1) is 13.0. The molecule has 1 fully saturated rings. The molecule has 0 amide bonds. The van der Waals surface area contributed by atoms with Gasteiger partial charge in [-0.05, 0) is 25.2 Å². The van der Waals surface area contributed by atoms with Crippen LogP contribution in [0.3, 0.4) is 0 Å². The van der Waals surface area contributed by atoms with Crippen molar-refractivity contribution in [2.75, 3.05) is 26.9 Å². The molecule has 1 aromatic rings. The fourth-order valence-corrected chi connectivity index (χ4v) is 2.62. The predicted octanol–water partition coefficient (Wildman–Crippen LogP) is 1.86. The van der Waals surface area contributed by atoms with Crippen LogP contribution in [0.1, 0.15) is 11.6 Å². The van der Waals surface area contributed by atoms with Gasteiger partial charge in [-0.15, -0.1) is 0 Å². The van der Waals surface area contributed by atoms with E-state index in [1.54, 1.807) is 19.2 Å². The first-order chi connectivity index (χ1) is 8.13. The lowest BCUT2D eigenvalue weighted by molar-refractivity contribution is -0.155. The third-order valence-corrected chi connectivity index (χ3v) is 3.76. The molecule has 1 heterocycles. The highest BCUT2D eigenvalue weighted by Crippen LogP contribution is 2.41. The molecule has 1 atom stereocenters. The summed E-state index contributed by atoms with van der Waals surface area (Å²) in [7, 11) is 1.76. The number of nitrogens with one attached hydrogen (secondary N) is 1. The maximum absolute atomic E-state index is 13.9. The second-order valence-corrected chi connectivity index (χ2v) is 5.32. The van der Waals surface area contributed by atoms with Crippen LogP contribution in [0.5, 0.6) is 0 Å². The minimum Gasteiger partial charge on any atom is -0.396 e. The SMILES string of the molecule is CNC(c1cc(Br)ccc1F)C1(CO)COC1. The van der Waals surface area contributed by atoms with E-state index in [1.807, 2.05) is 0 Å². The second-order valence-electron chi connectivity index (χ2n) is 4.40. The predicted molar refractivity (Wildman–Crippen MR) is 66.2 cm³/mol. The average molecular weight is 304 g/mol. The van der Waals surface area contributed by atoms with Gasteiger partial charge >= 0.3 is 0 Å². The Hall–Kier alpha value is -0.490. The molecule has 0 spiro atoms. The van der Waals surface area contributed by atoms with Crippen LogP contribution in [0.25, 0.3) is 0 Å². The van der Waals surface area contributed by atoms with Crippen molar-refractivity contribution in [3.63, 3.8) is 0 Å². The van der Waals surface area contributed by atoms with Crippen LogP contribution in [-0.4, -0.2) is 32.0 Å². The molecule has 1 unspecified atom stereocenters. The summed E-state index contributed by atoms with van der Waals surface area (Å²) in [5.41, 5.74) is 0.135. The van der Waals surface area contributed by atoms with Crippen LogP contribution in [0, 0.1) is 11.2 Å². The molecule has 3 nitrogen and oxygen atoms in total. The summed E-state index contributed by atoms with van der Waals surface area (Å²) < 4.78 is 19.8. The van der Waals surface area contributed by atoms with E-state index in [0.717, 1.165) is 4.47 Å². The van der Waals surface area contributed by atoms with Crippen LogP contribution in [0.4, 0.5) is 4.39 Å². The van der Waals surface area contributed by atoms with E-state index in [4.69, 9.17) is 4.74 Å². The van der Waals surface area contributed by atoms with Crippen LogP contribution >= 0.6 is 15.9 Å². The number of rotatable bonds is 4. The maximum atomic E-state index is 13.9. The van der Waals surface area contributed by atoms with Gasteiger partial charge in [0, 0.05) is 16.1 Å². The van der Waals surface area contributed by atoms with Gasteiger partial charge in [0.1, 0.15) is 5.82 Å². The Morgan fingerprint density at radius 1 is 1.59 bits per heavy atom. The van der Waals surface area contributed by atoms with Gasteiger partial charge in [0.2, 0.25) is 0 Å². The zero-order valence-corrected chi connectivity index (χ0v) is 11.1. The summed E-state index contributed by atoms with van der Waals surface area (Å²) in [5.74, 6) is -0.271. The minimum atomic E-state index is -0.420. The summed E-state index contributed by atoms with van der Waals surface area (Å²) >= 11 is 3.33. The fraction of sp³-hybridized carbons (Fsp3) is 0.500. The van der Waals surface area contributed by atoms with Gasteiger partial charge in [-0.1, -0.05) is 15.9 Å². The van der Waals surface area contributed by atoms with Gasteiger partial charge < -0.3 is 15.2 Å². The van der Waals surface area contributed by atoms with Crippen molar-refractivity contribution in [1.29, 1.82) is 0 Å². The normalized spacial score (nSPS) is 19.8. The van der Waals surface area contributed by atoms with E-state index in [1.165, 1.54) is 6.07 Å². The zero-order valence-electron chi connectivity index (χ0n) is 9.54. The molecular weight excluding hydrogens is 289 g/mol. The minimum absolute atomic E-state index is 0.0234. The molecule has 5 heteroatoms. The van der Waals surface area contributed by atoms with Crippen molar-refractivity contribution in [1.82, 2.24) is 5.32 Å². The van der Waals surface area contributed by atoms with Gasteiger partial charge in [0.15, 0.2) is 0 Å². The average Bonchev–Trinajstić information content (AvgIpc) is 2.27. The number of ether oxygens (including phenoxy) is 1. The van der Waals surface area contributed by atoms with Crippen molar-refractivity contribution >= 4 is 15.9 Å². The van der Waals surface area contributed by atoms with Gasteiger partial charge in [-0.25, -0.2) is 4.39 Å². The monoisotopic (exact) mass is 303 g/mol. The number of halogens is 2. The highest BCUT2D eigenvalue weighted by Gasteiger charge is 2.46. The summed E-state index contributed by atoms with van der Waals surface area (Å²) in [6.45, 7) is 0.867. The molecule has 0 aliphatic carbocycles. The second kappa shape index (κ2) is 5.02. The van der Waals surface area contributed by atoms with Crippen molar-refractivity contribution < 1.29 is 14.2 Å². The van der Waals surface area contributed by atoms with Crippen molar-refractivity contribution in [2.24, 2.45) is 5.41 Å². The Labute approximate surface area is 108 Å². The lowest BCUT2D eigenvalue weighted by Gasteiger charge is -2.46. The number of aliphatic hydroxyl groups excluding tert-OH is 1. The maximum Gasteiger partial charge on any atom is 0.128 e. The molecule has 0 aromatic heterocycles. The molecule has 2 rings (SSSR count). The molecular formula is C12H15BrFNO2. The molecule has 1 saturated heterocycles. The van der Waals surface area contributed by atoms with E-state index in [0.29, 0.717) is 18.8 Å². The number of hydrogen-bond acceptors (Lipinski definition) is 3. The highest BCUT2D eigenvalue weighted by molar-refractivity contribution is 9.10. The van der Waals surface area contributed by atoms with E-state index >= 15 is 0 Å². The standard InChI is InChI=1S/C12H15BrFNO2/c1-15-11(12(5-16)6-17-7-12)9-4-8(13)2-3-10(9)14/h2-4,11,15-16H,5-7H2,1H3. The molecule has 94 valence electrons. The molecule has 1 aromatic carbocycles. The van der Waals surface area contributed by atoms with Gasteiger partial charge in [-0.3, -0.25) is 0 Å². The Bertz CT molecular complexity index is 404. The summed E-state index contributed by atoms with van der Waals surface area (Å²) in [6.07, 6.45) is 0. The third kappa shape index (κ3) is 2.25. The molecule has 0 bridgehead atoms.